The van der Waals surface area contributed by atoms with Gasteiger partial charge in [-0.1, -0.05) is 12.1 Å². The van der Waals surface area contributed by atoms with Crippen molar-refractivity contribution >= 4 is 32.4 Å². The van der Waals surface area contributed by atoms with E-state index >= 15 is 0 Å². The number of aryl methyl sites for hydroxylation is 2. The van der Waals surface area contributed by atoms with Crippen molar-refractivity contribution in [2.75, 3.05) is 11.9 Å². The van der Waals surface area contributed by atoms with Gasteiger partial charge >= 0.3 is 0 Å². The van der Waals surface area contributed by atoms with Gasteiger partial charge in [-0.15, -0.1) is 0 Å². The highest BCUT2D eigenvalue weighted by Crippen LogP contribution is 2.25. The largest absolute Gasteiger partial charge is 0.384 e. The van der Waals surface area contributed by atoms with E-state index in [-0.39, 0.29) is 16.3 Å². The van der Waals surface area contributed by atoms with Gasteiger partial charge in [0.2, 0.25) is 10.0 Å². The number of rotatable bonds is 7. The van der Waals surface area contributed by atoms with Crippen LogP contribution in [0.3, 0.4) is 0 Å². The van der Waals surface area contributed by atoms with E-state index < -0.39 is 14.9 Å². The van der Waals surface area contributed by atoms with Crippen LogP contribution in [0.15, 0.2) is 47.4 Å². The third-order valence-corrected chi connectivity index (χ3v) is 5.22. The molecule has 142 valence electrons. The van der Waals surface area contributed by atoms with Crippen LogP contribution in [0.1, 0.15) is 12.2 Å². The topological polar surface area (TPSA) is 133 Å². The second kappa shape index (κ2) is 7.33. The highest BCUT2D eigenvalue weighted by Gasteiger charge is 2.18. The SMILES string of the molecule is Cn1c(CCCNc2cc([N+](=O)[O-])ccc2S(N)(=O)=O)nc2ccccc21. The van der Waals surface area contributed by atoms with Crippen LogP contribution in [0, 0.1) is 10.1 Å². The lowest BCUT2D eigenvalue weighted by molar-refractivity contribution is -0.384. The number of sulfonamides is 1. The first-order valence-corrected chi connectivity index (χ1v) is 9.77. The van der Waals surface area contributed by atoms with Gasteiger partial charge < -0.3 is 9.88 Å². The number of hydrogen-bond acceptors (Lipinski definition) is 6. The predicted octanol–water partition coefficient (Wildman–Crippen LogP) is 2.17. The van der Waals surface area contributed by atoms with Gasteiger partial charge in [0.25, 0.3) is 5.69 Å². The molecule has 27 heavy (non-hydrogen) atoms. The molecule has 10 heteroatoms. The first-order valence-electron chi connectivity index (χ1n) is 8.23. The van der Waals surface area contributed by atoms with Crippen molar-refractivity contribution in [1.29, 1.82) is 0 Å². The van der Waals surface area contributed by atoms with Crippen molar-refractivity contribution in [3.63, 3.8) is 0 Å². The molecular weight excluding hydrogens is 370 g/mol. The Kier molecular flexibility index (Phi) is 5.10. The number of anilines is 1. The fraction of sp³-hybridized carbons (Fsp3) is 0.235. The van der Waals surface area contributed by atoms with Crippen LogP contribution in [0.5, 0.6) is 0 Å². The van der Waals surface area contributed by atoms with Crippen LogP contribution < -0.4 is 10.5 Å². The predicted molar refractivity (Wildman–Crippen MR) is 102 cm³/mol. The molecule has 0 amide bonds. The van der Waals surface area contributed by atoms with Crippen LogP contribution in [0.25, 0.3) is 11.0 Å². The molecule has 0 atom stereocenters. The smallest absolute Gasteiger partial charge is 0.271 e. The maximum Gasteiger partial charge on any atom is 0.271 e. The number of nitrogens with zero attached hydrogens (tertiary/aromatic N) is 3. The Hall–Kier alpha value is -2.98. The molecule has 3 rings (SSSR count). The summed E-state index contributed by atoms with van der Waals surface area (Å²) in [5.41, 5.74) is 1.87. The molecule has 0 fully saturated rings. The average molecular weight is 389 g/mol. The number of fused-ring (bicyclic) bond motifs is 1. The summed E-state index contributed by atoms with van der Waals surface area (Å²) in [7, 11) is -2.05. The van der Waals surface area contributed by atoms with Crippen molar-refractivity contribution in [1.82, 2.24) is 9.55 Å². The lowest BCUT2D eigenvalue weighted by Crippen LogP contribution is -2.16. The third-order valence-electron chi connectivity index (χ3n) is 4.25. The summed E-state index contributed by atoms with van der Waals surface area (Å²) in [6.07, 6.45) is 1.32. The number of nitro benzene ring substituents is 1. The van der Waals surface area contributed by atoms with Gasteiger partial charge in [0.15, 0.2) is 0 Å². The Morgan fingerprint density at radius 3 is 2.67 bits per heavy atom. The molecule has 0 radical (unpaired) electrons. The van der Waals surface area contributed by atoms with Gasteiger partial charge in [-0.3, -0.25) is 10.1 Å². The van der Waals surface area contributed by atoms with Gasteiger partial charge in [0.05, 0.1) is 21.6 Å². The Morgan fingerprint density at radius 1 is 1.26 bits per heavy atom. The molecule has 0 aliphatic carbocycles. The lowest BCUT2D eigenvalue weighted by Gasteiger charge is -2.10. The lowest BCUT2D eigenvalue weighted by atomic mass is 10.2. The van der Waals surface area contributed by atoms with Crippen molar-refractivity contribution in [3.8, 4) is 0 Å². The first kappa shape index (κ1) is 18.8. The maximum absolute atomic E-state index is 11.7. The standard InChI is InChI=1S/C17H19N5O4S/c1-21-15-6-3-2-5-13(15)20-17(21)7-4-10-19-14-11-12(22(23)24)8-9-16(14)27(18,25)26/h2-3,5-6,8-9,11,19H,4,7,10H2,1H3,(H2,18,25,26). The molecule has 3 aromatic rings. The Labute approximate surface area is 156 Å². The zero-order chi connectivity index (χ0) is 19.6. The molecular formula is C17H19N5O4S. The highest BCUT2D eigenvalue weighted by molar-refractivity contribution is 7.89. The van der Waals surface area contributed by atoms with Crippen molar-refractivity contribution in [3.05, 3.63) is 58.4 Å². The Morgan fingerprint density at radius 2 is 2.00 bits per heavy atom. The summed E-state index contributed by atoms with van der Waals surface area (Å²) in [5, 5.41) is 19.1. The van der Waals surface area contributed by atoms with Crippen molar-refractivity contribution in [2.24, 2.45) is 12.2 Å². The number of hydrogen-bond donors (Lipinski definition) is 2. The minimum absolute atomic E-state index is 0.122. The Balaban J connectivity index is 1.72. The van der Waals surface area contributed by atoms with Crippen molar-refractivity contribution < 1.29 is 13.3 Å². The van der Waals surface area contributed by atoms with Gasteiger partial charge in [0.1, 0.15) is 10.7 Å². The molecule has 3 N–H and O–H groups in total. The number of non-ortho nitro benzene ring substituents is 1. The van der Waals surface area contributed by atoms with E-state index in [9.17, 15) is 18.5 Å². The Bertz CT molecular complexity index is 1110. The number of para-hydroxylation sites is 2. The molecule has 0 spiro atoms. The van der Waals surface area contributed by atoms with Gasteiger partial charge in [-0.05, 0) is 24.6 Å². The zero-order valence-corrected chi connectivity index (χ0v) is 15.4. The maximum atomic E-state index is 11.7. The molecule has 0 aliphatic heterocycles. The number of primary sulfonamides is 1. The summed E-state index contributed by atoms with van der Waals surface area (Å²) < 4.78 is 25.4. The molecule has 0 aliphatic rings. The van der Waals surface area contributed by atoms with E-state index in [1.165, 1.54) is 6.07 Å². The summed E-state index contributed by atoms with van der Waals surface area (Å²) in [5.74, 6) is 0.906. The minimum Gasteiger partial charge on any atom is -0.384 e. The molecule has 9 nitrogen and oxygen atoms in total. The molecule has 1 aromatic heterocycles. The van der Waals surface area contributed by atoms with E-state index in [0.717, 1.165) is 29.0 Å². The van der Waals surface area contributed by atoms with Crippen LogP contribution in [0.4, 0.5) is 11.4 Å². The normalized spacial score (nSPS) is 11.6. The second-order valence-corrected chi connectivity index (χ2v) is 7.62. The van der Waals surface area contributed by atoms with E-state index in [1.54, 1.807) is 0 Å². The fourth-order valence-corrected chi connectivity index (χ4v) is 3.60. The molecule has 1 heterocycles. The molecule has 0 bridgehead atoms. The second-order valence-electron chi connectivity index (χ2n) is 6.09. The number of nitrogens with one attached hydrogen (secondary N) is 1. The minimum atomic E-state index is -3.99. The zero-order valence-electron chi connectivity index (χ0n) is 14.6. The van der Waals surface area contributed by atoms with E-state index in [2.05, 4.69) is 10.3 Å². The summed E-state index contributed by atoms with van der Waals surface area (Å²) in [4.78, 5) is 14.8. The summed E-state index contributed by atoms with van der Waals surface area (Å²) in [6.45, 7) is 0.410. The number of aromatic nitrogens is 2. The molecule has 2 aromatic carbocycles. The van der Waals surface area contributed by atoms with Crippen LogP contribution in [-0.4, -0.2) is 29.4 Å². The van der Waals surface area contributed by atoms with Gasteiger partial charge in [-0.25, -0.2) is 18.5 Å². The van der Waals surface area contributed by atoms with Crippen LogP contribution in [-0.2, 0) is 23.5 Å². The fourth-order valence-electron chi connectivity index (χ4n) is 2.91. The van der Waals surface area contributed by atoms with E-state index in [0.29, 0.717) is 19.4 Å². The highest BCUT2D eigenvalue weighted by atomic mass is 32.2. The third kappa shape index (κ3) is 4.07. The number of nitrogens with two attached hydrogens (primary N) is 1. The number of imidazole rings is 1. The monoisotopic (exact) mass is 389 g/mol. The van der Waals surface area contributed by atoms with Crippen molar-refractivity contribution in [2.45, 2.75) is 17.7 Å². The molecule has 0 unspecified atom stereocenters. The quantitative estimate of drug-likeness (QED) is 0.361. The van der Waals surface area contributed by atoms with E-state index in [1.807, 2.05) is 35.9 Å². The first-order chi connectivity index (χ1) is 12.8. The van der Waals surface area contributed by atoms with Crippen LogP contribution >= 0.6 is 0 Å². The molecule has 0 saturated heterocycles. The summed E-state index contributed by atoms with van der Waals surface area (Å²) >= 11 is 0. The van der Waals surface area contributed by atoms with E-state index in [4.69, 9.17) is 5.14 Å². The summed E-state index contributed by atoms with van der Waals surface area (Å²) in [6, 6.07) is 11.2. The average Bonchev–Trinajstić information content (AvgIpc) is 2.94. The van der Waals surface area contributed by atoms with Gasteiger partial charge in [-0.2, -0.15) is 0 Å². The molecule has 0 saturated carbocycles. The number of nitro groups is 1. The van der Waals surface area contributed by atoms with Gasteiger partial charge in [0, 0.05) is 32.1 Å². The number of benzene rings is 2. The van der Waals surface area contributed by atoms with Crippen LogP contribution in [0.2, 0.25) is 0 Å².